The van der Waals surface area contributed by atoms with E-state index in [1.54, 1.807) is 7.11 Å². The van der Waals surface area contributed by atoms with Crippen LogP contribution in [0.5, 0.6) is 17.2 Å². The van der Waals surface area contributed by atoms with Crippen LogP contribution < -0.4 is 19.5 Å². The maximum Gasteiger partial charge on any atom is 0.161 e. The molecule has 1 N–H and O–H groups in total. The molecule has 5 nitrogen and oxygen atoms in total. The third-order valence-electron chi connectivity index (χ3n) is 6.79. The lowest BCUT2D eigenvalue weighted by atomic mass is 9.87. The van der Waals surface area contributed by atoms with Gasteiger partial charge in [0.25, 0.3) is 0 Å². The fourth-order valence-electron chi connectivity index (χ4n) is 4.84. The summed E-state index contributed by atoms with van der Waals surface area (Å²) < 4.78 is 18.0. The van der Waals surface area contributed by atoms with Gasteiger partial charge in [-0.1, -0.05) is 60.7 Å². The van der Waals surface area contributed by atoms with Gasteiger partial charge in [-0.2, -0.15) is 0 Å². The first kappa shape index (κ1) is 24.6. The van der Waals surface area contributed by atoms with E-state index in [-0.39, 0.29) is 6.04 Å². The Balaban J connectivity index is 1.45. The number of benzene rings is 4. The number of rotatable bonds is 9. The molecule has 188 valence electrons. The standard InChI is InChI=1S/C32H31NO4/c1-22-15-26(19-34)29(36-20-23-9-5-3-6-10-23)17-27(22)32-28-18-30(35-2)31(16-25(28)13-14-33-32)37-21-24-11-7-4-8-12-24/h3-12,15-19,32-33H,13-14,20-21H2,1-2H3. The van der Waals surface area contributed by atoms with E-state index in [1.165, 1.54) is 5.56 Å². The molecule has 0 fully saturated rings. The van der Waals surface area contributed by atoms with Crippen molar-refractivity contribution < 1.29 is 19.0 Å². The number of aldehydes is 1. The number of methoxy groups -OCH3 is 1. The van der Waals surface area contributed by atoms with E-state index < -0.39 is 0 Å². The van der Waals surface area contributed by atoms with Gasteiger partial charge < -0.3 is 19.5 Å². The Hall–Kier alpha value is -4.09. The van der Waals surface area contributed by atoms with Gasteiger partial charge in [0.15, 0.2) is 17.8 Å². The first-order valence-corrected chi connectivity index (χ1v) is 12.5. The number of ether oxygens (including phenoxy) is 3. The molecule has 0 saturated carbocycles. The second-order valence-electron chi connectivity index (χ2n) is 9.25. The molecule has 0 aliphatic carbocycles. The number of aryl methyl sites for hydroxylation is 1. The second kappa shape index (κ2) is 11.3. The highest BCUT2D eigenvalue weighted by atomic mass is 16.5. The van der Waals surface area contributed by atoms with Gasteiger partial charge >= 0.3 is 0 Å². The second-order valence-corrected chi connectivity index (χ2v) is 9.25. The van der Waals surface area contributed by atoms with Crippen LogP contribution in [0.15, 0.2) is 84.9 Å². The van der Waals surface area contributed by atoms with Crippen LogP contribution in [0.4, 0.5) is 0 Å². The predicted molar refractivity (Wildman–Crippen MR) is 145 cm³/mol. The van der Waals surface area contributed by atoms with Crippen LogP contribution in [0, 0.1) is 6.92 Å². The van der Waals surface area contributed by atoms with E-state index in [9.17, 15) is 4.79 Å². The van der Waals surface area contributed by atoms with E-state index in [1.807, 2.05) is 79.7 Å². The summed E-state index contributed by atoms with van der Waals surface area (Å²) in [7, 11) is 1.67. The highest BCUT2D eigenvalue weighted by Crippen LogP contribution is 2.40. The molecule has 4 aromatic carbocycles. The molecule has 0 saturated heterocycles. The molecule has 5 rings (SSSR count). The topological polar surface area (TPSA) is 56.8 Å². The molecule has 0 aromatic heterocycles. The van der Waals surface area contributed by atoms with Gasteiger partial charge in [0, 0.05) is 6.54 Å². The zero-order valence-corrected chi connectivity index (χ0v) is 21.2. The maximum atomic E-state index is 11.8. The molecule has 0 spiro atoms. The summed E-state index contributed by atoms with van der Waals surface area (Å²) in [5, 5.41) is 3.66. The number of hydrogen-bond acceptors (Lipinski definition) is 5. The quantitative estimate of drug-likeness (QED) is 0.281. The summed E-state index contributed by atoms with van der Waals surface area (Å²) in [5.41, 5.74) is 7.18. The van der Waals surface area contributed by atoms with Crippen molar-refractivity contribution in [3.05, 3.63) is 124 Å². The van der Waals surface area contributed by atoms with Crippen LogP contribution in [0.3, 0.4) is 0 Å². The first-order chi connectivity index (χ1) is 18.2. The van der Waals surface area contributed by atoms with Crippen LogP contribution in [-0.4, -0.2) is 19.9 Å². The minimum absolute atomic E-state index is 0.0550. The molecule has 4 aromatic rings. The third-order valence-corrected chi connectivity index (χ3v) is 6.79. The summed E-state index contributed by atoms with van der Waals surface area (Å²) in [6.07, 6.45) is 1.75. The zero-order valence-electron chi connectivity index (χ0n) is 21.2. The largest absolute Gasteiger partial charge is 0.493 e. The van der Waals surface area contributed by atoms with E-state index in [2.05, 4.69) is 17.4 Å². The molecule has 1 heterocycles. The lowest BCUT2D eigenvalue weighted by molar-refractivity contribution is 0.111. The summed E-state index contributed by atoms with van der Waals surface area (Å²) in [6.45, 7) is 3.74. The van der Waals surface area contributed by atoms with Crippen molar-refractivity contribution in [3.63, 3.8) is 0 Å². The summed E-state index contributed by atoms with van der Waals surface area (Å²) in [6, 6.07) is 28.1. The van der Waals surface area contributed by atoms with Crippen LogP contribution in [-0.2, 0) is 19.6 Å². The fourth-order valence-corrected chi connectivity index (χ4v) is 4.84. The minimum atomic E-state index is -0.0550. The number of carbonyl (C=O) groups excluding carboxylic acids is 1. The monoisotopic (exact) mass is 493 g/mol. The lowest BCUT2D eigenvalue weighted by Crippen LogP contribution is -2.31. The predicted octanol–water partition coefficient (Wildman–Crippen LogP) is 6.21. The normalized spacial score (nSPS) is 14.5. The van der Waals surface area contributed by atoms with Crippen molar-refractivity contribution in [3.8, 4) is 17.2 Å². The van der Waals surface area contributed by atoms with E-state index in [0.717, 1.165) is 52.8 Å². The number of nitrogens with one attached hydrogen (secondary N) is 1. The molecular formula is C32H31NO4. The lowest BCUT2D eigenvalue weighted by Gasteiger charge is -2.30. The zero-order chi connectivity index (χ0) is 25.6. The van der Waals surface area contributed by atoms with Gasteiger partial charge in [-0.25, -0.2) is 0 Å². The molecule has 1 atom stereocenters. The number of carbonyl (C=O) groups is 1. The van der Waals surface area contributed by atoms with Crippen LogP contribution in [0.2, 0.25) is 0 Å². The van der Waals surface area contributed by atoms with Gasteiger partial charge in [0.05, 0.1) is 18.7 Å². The average molecular weight is 494 g/mol. The Labute approximate surface area is 218 Å². The van der Waals surface area contributed by atoms with E-state index in [0.29, 0.717) is 30.3 Å². The van der Waals surface area contributed by atoms with Gasteiger partial charge in [-0.05, 0) is 71.0 Å². The minimum Gasteiger partial charge on any atom is -0.493 e. The summed E-state index contributed by atoms with van der Waals surface area (Å²) in [4.78, 5) is 11.8. The first-order valence-electron chi connectivity index (χ1n) is 12.5. The van der Waals surface area contributed by atoms with Crippen LogP contribution in [0.25, 0.3) is 0 Å². The Kier molecular flexibility index (Phi) is 7.52. The van der Waals surface area contributed by atoms with Crippen molar-refractivity contribution in [2.24, 2.45) is 0 Å². The Bertz CT molecular complexity index is 1370. The fraction of sp³-hybridized carbons (Fsp3) is 0.219. The molecule has 1 aliphatic heterocycles. The van der Waals surface area contributed by atoms with Crippen molar-refractivity contribution in [1.82, 2.24) is 5.32 Å². The van der Waals surface area contributed by atoms with Crippen molar-refractivity contribution in [2.75, 3.05) is 13.7 Å². The van der Waals surface area contributed by atoms with Gasteiger partial charge in [-0.15, -0.1) is 0 Å². The maximum absolute atomic E-state index is 11.8. The third kappa shape index (κ3) is 5.52. The molecular weight excluding hydrogens is 462 g/mol. The average Bonchev–Trinajstić information content (AvgIpc) is 2.95. The van der Waals surface area contributed by atoms with Crippen molar-refractivity contribution in [2.45, 2.75) is 32.6 Å². The summed E-state index contributed by atoms with van der Waals surface area (Å²) >= 11 is 0. The molecule has 37 heavy (non-hydrogen) atoms. The highest BCUT2D eigenvalue weighted by molar-refractivity contribution is 5.80. The van der Waals surface area contributed by atoms with Gasteiger partial charge in [0.1, 0.15) is 19.0 Å². The Morgan fingerprint density at radius 3 is 2.05 bits per heavy atom. The molecule has 5 heteroatoms. The Morgan fingerprint density at radius 1 is 0.811 bits per heavy atom. The van der Waals surface area contributed by atoms with Crippen LogP contribution >= 0.6 is 0 Å². The number of fused-ring (bicyclic) bond motifs is 1. The molecule has 1 unspecified atom stereocenters. The SMILES string of the molecule is COc1cc2c(cc1OCc1ccccc1)CCNC2c1cc(OCc2ccccc2)c(C=O)cc1C. The van der Waals surface area contributed by atoms with E-state index in [4.69, 9.17) is 14.2 Å². The molecule has 0 amide bonds. The van der Waals surface area contributed by atoms with Crippen molar-refractivity contribution >= 4 is 6.29 Å². The molecule has 0 radical (unpaired) electrons. The van der Waals surface area contributed by atoms with Gasteiger partial charge in [-0.3, -0.25) is 4.79 Å². The molecule has 1 aliphatic rings. The van der Waals surface area contributed by atoms with E-state index >= 15 is 0 Å². The highest BCUT2D eigenvalue weighted by Gasteiger charge is 2.26. The van der Waals surface area contributed by atoms with Crippen molar-refractivity contribution in [1.29, 1.82) is 0 Å². The van der Waals surface area contributed by atoms with Crippen LogP contribution in [0.1, 0.15) is 49.8 Å². The van der Waals surface area contributed by atoms with Gasteiger partial charge in [0.2, 0.25) is 0 Å². The molecule has 0 bridgehead atoms. The number of hydrogen-bond donors (Lipinski definition) is 1. The smallest absolute Gasteiger partial charge is 0.161 e. The Morgan fingerprint density at radius 2 is 1.43 bits per heavy atom. The summed E-state index contributed by atoms with van der Waals surface area (Å²) in [5.74, 6) is 2.03.